The van der Waals surface area contributed by atoms with Crippen LogP contribution < -0.4 is 10.5 Å². The molecule has 94 valence electrons. The van der Waals surface area contributed by atoms with E-state index < -0.39 is 10.0 Å². The molecule has 0 radical (unpaired) electrons. The van der Waals surface area contributed by atoms with Crippen molar-refractivity contribution in [3.05, 3.63) is 18.5 Å². The zero-order valence-electron chi connectivity index (χ0n) is 9.63. The van der Waals surface area contributed by atoms with Crippen molar-refractivity contribution in [3.8, 4) is 0 Å². The molecule has 1 fully saturated rings. The quantitative estimate of drug-likeness (QED) is 0.771. The molecule has 1 atom stereocenters. The maximum absolute atomic E-state index is 12.1. The van der Waals surface area contributed by atoms with Gasteiger partial charge in [0.15, 0.2) is 0 Å². The fourth-order valence-corrected chi connectivity index (χ4v) is 3.27. The Bertz CT molecular complexity index is 503. The number of likely N-dealkylation sites (N-methyl/N-ethyl adjacent to an activating group) is 1. The van der Waals surface area contributed by atoms with Gasteiger partial charge in [0.25, 0.3) is 0 Å². The highest BCUT2D eigenvalue weighted by molar-refractivity contribution is 7.89. The lowest BCUT2D eigenvalue weighted by atomic mass is 10.3. The number of nitrogens with two attached hydrogens (primary N) is 1. The first-order valence-corrected chi connectivity index (χ1v) is 6.88. The predicted molar refractivity (Wildman–Crippen MR) is 64.9 cm³/mol. The third-order valence-corrected chi connectivity index (χ3v) is 4.38. The van der Waals surface area contributed by atoms with Crippen LogP contribution in [0.3, 0.4) is 0 Å². The van der Waals surface area contributed by atoms with Gasteiger partial charge in [-0.2, -0.15) is 0 Å². The number of pyridine rings is 1. The van der Waals surface area contributed by atoms with Crippen LogP contribution in [0.1, 0.15) is 6.42 Å². The molecule has 6 nitrogen and oxygen atoms in total. The lowest BCUT2D eigenvalue weighted by Crippen LogP contribution is -2.36. The van der Waals surface area contributed by atoms with Gasteiger partial charge < -0.3 is 10.6 Å². The lowest BCUT2D eigenvalue weighted by molar-refractivity contribution is 0.407. The fraction of sp³-hybridized carbons (Fsp3) is 0.500. The van der Waals surface area contributed by atoms with Crippen molar-refractivity contribution in [2.45, 2.75) is 17.4 Å². The summed E-state index contributed by atoms with van der Waals surface area (Å²) in [5.74, 6) is 0. The van der Waals surface area contributed by atoms with E-state index in [1.807, 2.05) is 7.05 Å². The van der Waals surface area contributed by atoms with Crippen LogP contribution in [-0.4, -0.2) is 44.5 Å². The summed E-state index contributed by atoms with van der Waals surface area (Å²) in [6, 6.07) is 1.43. The molecule has 2 heterocycles. The Kier molecular flexibility index (Phi) is 3.32. The molecule has 17 heavy (non-hydrogen) atoms. The molecule has 0 saturated carbocycles. The molecule has 0 aliphatic carbocycles. The van der Waals surface area contributed by atoms with Crippen LogP contribution >= 0.6 is 0 Å². The van der Waals surface area contributed by atoms with E-state index in [0.717, 1.165) is 19.5 Å². The maximum atomic E-state index is 12.1. The number of nitrogen functional groups attached to an aromatic ring is 1. The van der Waals surface area contributed by atoms with Gasteiger partial charge in [-0.25, -0.2) is 13.1 Å². The second-order valence-electron chi connectivity index (χ2n) is 4.28. The Hall–Kier alpha value is -1.18. The van der Waals surface area contributed by atoms with Gasteiger partial charge in [0, 0.05) is 25.0 Å². The summed E-state index contributed by atoms with van der Waals surface area (Å²) in [4.78, 5) is 5.93. The fourth-order valence-electron chi connectivity index (χ4n) is 1.93. The van der Waals surface area contributed by atoms with Gasteiger partial charge in [-0.05, 0) is 26.1 Å². The van der Waals surface area contributed by atoms with Crippen molar-refractivity contribution < 1.29 is 8.42 Å². The summed E-state index contributed by atoms with van der Waals surface area (Å²) >= 11 is 0. The second kappa shape index (κ2) is 4.59. The van der Waals surface area contributed by atoms with Gasteiger partial charge >= 0.3 is 0 Å². The minimum absolute atomic E-state index is 0.0505. The highest BCUT2D eigenvalue weighted by Gasteiger charge is 2.26. The number of hydrogen-bond donors (Lipinski definition) is 2. The highest BCUT2D eigenvalue weighted by atomic mass is 32.2. The number of nitrogens with one attached hydrogen (secondary N) is 1. The number of nitrogens with zero attached hydrogens (tertiary/aromatic N) is 2. The summed E-state index contributed by atoms with van der Waals surface area (Å²) in [7, 11) is -1.60. The first-order chi connectivity index (χ1) is 7.99. The minimum atomic E-state index is -3.56. The standard InChI is InChI=1S/C10H16N4O2S/c1-14-5-3-8(7-14)13-17(15,16)10-6-12-4-2-9(10)11/h2,4,6,8,13H,3,5,7H2,1H3,(H2,11,12). The third-order valence-electron chi connectivity index (χ3n) is 2.82. The lowest BCUT2D eigenvalue weighted by Gasteiger charge is -2.14. The molecule has 0 spiro atoms. The smallest absolute Gasteiger partial charge is 0.244 e. The normalized spacial score (nSPS) is 21.8. The van der Waals surface area contributed by atoms with Crippen LogP contribution in [0.2, 0.25) is 0 Å². The summed E-state index contributed by atoms with van der Waals surface area (Å²) < 4.78 is 26.8. The van der Waals surface area contributed by atoms with Crippen LogP contribution in [-0.2, 0) is 10.0 Å². The zero-order chi connectivity index (χ0) is 12.5. The van der Waals surface area contributed by atoms with Crippen LogP contribution in [0.4, 0.5) is 5.69 Å². The van der Waals surface area contributed by atoms with Crippen molar-refractivity contribution in [1.82, 2.24) is 14.6 Å². The second-order valence-corrected chi connectivity index (χ2v) is 5.97. The molecule has 1 aliphatic rings. The largest absolute Gasteiger partial charge is 0.398 e. The van der Waals surface area contributed by atoms with Crippen molar-refractivity contribution in [2.24, 2.45) is 0 Å². The van der Waals surface area contributed by atoms with Crippen molar-refractivity contribution in [1.29, 1.82) is 0 Å². The predicted octanol–water partition coefficient (Wildman–Crippen LogP) is -0.354. The molecule has 1 aromatic heterocycles. The topological polar surface area (TPSA) is 88.3 Å². The van der Waals surface area contributed by atoms with Crippen LogP contribution in [0.15, 0.2) is 23.4 Å². The molecule has 0 amide bonds. The molecular formula is C10H16N4O2S. The Balaban J connectivity index is 2.17. The number of hydrogen-bond acceptors (Lipinski definition) is 5. The maximum Gasteiger partial charge on any atom is 0.244 e. The Morgan fingerprint density at radius 2 is 2.35 bits per heavy atom. The number of likely N-dealkylation sites (tertiary alicyclic amines) is 1. The molecule has 1 aliphatic heterocycles. The van der Waals surface area contributed by atoms with Crippen LogP contribution in [0.5, 0.6) is 0 Å². The van der Waals surface area contributed by atoms with E-state index in [0.29, 0.717) is 0 Å². The van der Waals surface area contributed by atoms with Gasteiger partial charge in [0.1, 0.15) is 4.90 Å². The number of rotatable bonds is 3. The van der Waals surface area contributed by atoms with E-state index in [1.165, 1.54) is 18.5 Å². The van der Waals surface area contributed by atoms with Gasteiger partial charge in [-0.1, -0.05) is 0 Å². The molecule has 1 saturated heterocycles. The Labute approximate surface area is 101 Å². The molecule has 1 unspecified atom stereocenters. The van der Waals surface area contributed by atoms with Gasteiger partial charge in [0.05, 0.1) is 5.69 Å². The number of sulfonamides is 1. The van der Waals surface area contributed by atoms with Crippen molar-refractivity contribution in [3.63, 3.8) is 0 Å². The molecule has 3 N–H and O–H groups in total. The first-order valence-electron chi connectivity index (χ1n) is 5.39. The molecule has 0 bridgehead atoms. The van der Waals surface area contributed by atoms with E-state index in [-0.39, 0.29) is 16.6 Å². The Morgan fingerprint density at radius 3 is 2.94 bits per heavy atom. The summed E-state index contributed by atoms with van der Waals surface area (Å²) in [6.45, 7) is 1.62. The molecule has 1 aromatic rings. The summed E-state index contributed by atoms with van der Waals surface area (Å²) in [5, 5.41) is 0. The van der Waals surface area contributed by atoms with E-state index in [2.05, 4.69) is 14.6 Å². The van der Waals surface area contributed by atoms with Gasteiger partial charge in [-0.3, -0.25) is 4.98 Å². The average molecular weight is 256 g/mol. The zero-order valence-corrected chi connectivity index (χ0v) is 10.4. The van der Waals surface area contributed by atoms with Crippen molar-refractivity contribution in [2.75, 3.05) is 25.9 Å². The van der Waals surface area contributed by atoms with Crippen molar-refractivity contribution >= 4 is 15.7 Å². The van der Waals surface area contributed by atoms with E-state index >= 15 is 0 Å². The molecule has 2 rings (SSSR count). The van der Waals surface area contributed by atoms with E-state index in [9.17, 15) is 8.42 Å². The molecular weight excluding hydrogens is 240 g/mol. The average Bonchev–Trinajstić information content (AvgIpc) is 2.63. The third kappa shape index (κ3) is 2.74. The SMILES string of the molecule is CN1CCC(NS(=O)(=O)c2cnccc2N)C1. The Morgan fingerprint density at radius 1 is 1.59 bits per heavy atom. The molecule has 0 aromatic carbocycles. The summed E-state index contributed by atoms with van der Waals surface area (Å²) in [6.07, 6.45) is 3.56. The van der Waals surface area contributed by atoms with E-state index in [4.69, 9.17) is 5.73 Å². The minimum Gasteiger partial charge on any atom is -0.398 e. The van der Waals surface area contributed by atoms with Gasteiger partial charge in [0.2, 0.25) is 10.0 Å². The summed E-state index contributed by atoms with van der Waals surface area (Å²) in [5.41, 5.74) is 5.86. The number of aromatic nitrogens is 1. The highest BCUT2D eigenvalue weighted by Crippen LogP contribution is 2.17. The number of anilines is 1. The molecule has 7 heteroatoms. The van der Waals surface area contributed by atoms with Crippen LogP contribution in [0.25, 0.3) is 0 Å². The van der Waals surface area contributed by atoms with Crippen LogP contribution in [0, 0.1) is 0 Å². The first kappa shape index (κ1) is 12.3. The monoisotopic (exact) mass is 256 g/mol. The van der Waals surface area contributed by atoms with E-state index in [1.54, 1.807) is 0 Å². The van der Waals surface area contributed by atoms with Gasteiger partial charge in [-0.15, -0.1) is 0 Å².